The second kappa shape index (κ2) is 10.0. The maximum Gasteiger partial charge on any atom is 0.287 e. The standard InChI is InChI=1S/C21H25N3O3S/c1-3-4-12-26-17-7-5-6-16(13-17)14-23-20(25)19-9-8-18(27-19)15-28-21-22-10-11-24(21)2/h5-11,13H,3-4,12,14-15H2,1-2H3,(H,23,25). The number of furan rings is 1. The van der Waals surface area contributed by atoms with E-state index < -0.39 is 0 Å². The van der Waals surface area contributed by atoms with Gasteiger partial charge in [-0.2, -0.15) is 0 Å². The Hall–Kier alpha value is -2.67. The molecule has 0 aliphatic heterocycles. The number of aryl methyl sites for hydroxylation is 1. The van der Waals surface area contributed by atoms with Gasteiger partial charge in [-0.25, -0.2) is 4.98 Å². The average Bonchev–Trinajstić information content (AvgIpc) is 3.34. The van der Waals surface area contributed by atoms with Crippen LogP contribution in [0.2, 0.25) is 0 Å². The van der Waals surface area contributed by atoms with Crippen LogP contribution in [-0.2, 0) is 19.3 Å². The SMILES string of the molecule is CCCCOc1cccc(CNC(=O)c2ccc(CSc3nccn3C)o2)c1. The van der Waals surface area contributed by atoms with Crippen LogP contribution in [0.1, 0.15) is 41.6 Å². The van der Waals surface area contributed by atoms with Crippen LogP contribution in [0.25, 0.3) is 0 Å². The summed E-state index contributed by atoms with van der Waals surface area (Å²) in [6, 6.07) is 11.3. The Morgan fingerprint density at radius 1 is 1.32 bits per heavy atom. The van der Waals surface area contributed by atoms with Gasteiger partial charge in [0, 0.05) is 26.0 Å². The summed E-state index contributed by atoms with van der Waals surface area (Å²) in [6.45, 7) is 3.26. The first-order valence-corrected chi connectivity index (χ1v) is 10.3. The minimum Gasteiger partial charge on any atom is -0.494 e. The van der Waals surface area contributed by atoms with E-state index in [1.807, 2.05) is 48.1 Å². The van der Waals surface area contributed by atoms with Crippen LogP contribution >= 0.6 is 11.8 Å². The molecule has 2 aromatic heterocycles. The van der Waals surface area contributed by atoms with E-state index in [1.54, 1.807) is 24.0 Å². The zero-order valence-electron chi connectivity index (χ0n) is 16.2. The van der Waals surface area contributed by atoms with Crippen molar-refractivity contribution >= 4 is 17.7 Å². The van der Waals surface area contributed by atoms with Gasteiger partial charge in [-0.1, -0.05) is 37.2 Å². The van der Waals surface area contributed by atoms with Gasteiger partial charge in [0.05, 0.1) is 12.4 Å². The number of carbonyl (C=O) groups is 1. The molecule has 0 aliphatic carbocycles. The molecule has 1 N–H and O–H groups in total. The number of hydrogen-bond acceptors (Lipinski definition) is 5. The summed E-state index contributed by atoms with van der Waals surface area (Å²) in [6.07, 6.45) is 5.78. The van der Waals surface area contributed by atoms with Crippen molar-refractivity contribution in [1.29, 1.82) is 0 Å². The molecule has 3 aromatic rings. The van der Waals surface area contributed by atoms with Crippen molar-refractivity contribution in [3.63, 3.8) is 0 Å². The van der Waals surface area contributed by atoms with E-state index in [9.17, 15) is 4.79 Å². The number of imidazole rings is 1. The van der Waals surface area contributed by atoms with Crippen LogP contribution in [0.3, 0.4) is 0 Å². The molecule has 0 unspecified atom stereocenters. The Kier molecular flexibility index (Phi) is 7.19. The largest absolute Gasteiger partial charge is 0.494 e. The first-order valence-electron chi connectivity index (χ1n) is 9.34. The van der Waals surface area contributed by atoms with Crippen molar-refractivity contribution in [2.24, 2.45) is 7.05 Å². The number of ether oxygens (including phenoxy) is 1. The van der Waals surface area contributed by atoms with Crippen molar-refractivity contribution in [3.05, 3.63) is 65.9 Å². The van der Waals surface area contributed by atoms with Gasteiger partial charge >= 0.3 is 0 Å². The fourth-order valence-electron chi connectivity index (χ4n) is 2.55. The summed E-state index contributed by atoms with van der Waals surface area (Å²) in [5, 5.41) is 3.80. The van der Waals surface area contributed by atoms with Crippen LogP contribution in [0.5, 0.6) is 5.75 Å². The van der Waals surface area contributed by atoms with Gasteiger partial charge in [0.15, 0.2) is 10.9 Å². The predicted molar refractivity (Wildman–Crippen MR) is 109 cm³/mol. The molecule has 1 amide bonds. The third-order valence-electron chi connectivity index (χ3n) is 4.12. The Labute approximate surface area is 169 Å². The molecule has 7 heteroatoms. The Morgan fingerprint density at radius 3 is 3.00 bits per heavy atom. The van der Waals surface area contributed by atoms with Gasteiger partial charge in [0.2, 0.25) is 0 Å². The quantitative estimate of drug-likeness (QED) is 0.404. The Balaban J connectivity index is 1.49. The molecule has 0 atom stereocenters. The van der Waals surface area contributed by atoms with Crippen LogP contribution in [-0.4, -0.2) is 22.1 Å². The van der Waals surface area contributed by atoms with Crippen LogP contribution in [0.4, 0.5) is 0 Å². The van der Waals surface area contributed by atoms with Gasteiger partial charge in [-0.3, -0.25) is 4.79 Å². The van der Waals surface area contributed by atoms with Crippen LogP contribution < -0.4 is 10.1 Å². The second-order valence-corrected chi connectivity index (χ2v) is 7.35. The molecule has 3 rings (SSSR count). The molecule has 0 saturated carbocycles. The predicted octanol–water partition coefficient (Wildman–Crippen LogP) is 4.41. The van der Waals surface area contributed by atoms with E-state index in [0.717, 1.165) is 35.1 Å². The van der Waals surface area contributed by atoms with E-state index in [1.165, 1.54) is 0 Å². The van der Waals surface area contributed by atoms with Crippen LogP contribution in [0.15, 0.2) is 58.4 Å². The van der Waals surface area contributed by atoms with E-state index >= 15 is 0 Å². The number of thioether (sulfide) groups is 1. The van der Waals surface area contributed by atoms with Crippen molar-refractivity contribution in [1.82, 2.24) is 14.9 Å². The van der Waals surface area contributed by atoms with Crippen molar-refractivity contribution < 1.29 is 13.9 Å². The van der Waals surface area contributed by atoms with Gasteiger partial charge in [0.1, 0.15) is 11.5 Å². The Morgan fingerprint density at radius 2 is 2.21 bits per heavy atom. The zero-order valence-corrected chi connectivity index (χ0v) is 17.0. The summed E-state index contributed by atoms with van der Waals surface area (Å²) < 4.78 is 13.3. The number of hydrogen-bond donors (Lipinski definition) is 1. The summed E-state index contributed by atoms with van der Waals surface area (Å²) in [7, 11) is 1.94. The fourth-order valence-corrected chi connectivity index (χ4v) is 3.38. The molecule has 0 aliphatic rings. The lowest BCUT2D eigenvalue weighted by atomic mass is 10.2. The van der Waals surface area contributed by atoms with Crippen molar-refractivity contribution in [2.45, 2.75) is 37.2 Å². The monoisotopic (exact) mass is 399 g/mol. The van der Waals surface area contributed by atoms with Gasteiger partial charge in [-0.15, -0.1) is 0 Å². The van der Waals surface area contributed by atoms with E-state index in [0.29, 0.717) is 24.7 Å². The Bertz CT molecular complexity index is 904. The smallest absolute Gasteiger partial charge is 0.287 e. The lowest BCUT2D eigenvalue weighted by molar-refractivity contribution is 0.0921. The lowest BCUT2D eigenvalue weighted by Crippen LogP contribution is -2.22. The number of amides is 1. The second-order valence-electron chi connectivity index (χ2n) is 6.41. The number of aromatic nitrogens is 2. The summed E-state index contributed by atoms with van der Waals surface area (Å²) in [5.41, 5.74) is 0.986. The summed E-state index contributed by atoms with van der Waals surface area (Å²) >= 11 is 1.56. The highest BCUT2D eigenvalue weighted by molar-refractivity contribution is 7.98. The first-order chi connectivity index (χ1) is 13.7. The first kappa shape index (κ1) is 20.1. The van der Waals surface area contributed by atoms with Crippen LogP contribution in [0, 0.1) is 0 Å². The highest BCUT2D eigenvalue weighted by atomic mass is 32.2. The molecule has 0 radical (unpaired) electrons. The minimum atomic E-state index is -0.231. The average molecular weight is 400 g/mol. The van der Waals surface area contributed by atoms with Gasteiger partial charge in [-0.05, 0) is 36.2 Å². The van der Waals surface area contributed by atoms with E-state index in [2.05, 4.69) is 17.2 Å². The van der Waals surface area contributed by atoms with Crippen molar-refractivity contribution in [2.75, 3.05) is 6.61 Å². The number of rotatable bonds is 10. The molecule has 2 heterocycles. The molecule has 0 fully saturated rings. The fraction of sp³-hybridized carbons (Fsp3) is 0.333. The van der Waals surface area contributed by atoms with Gasteiger partial charge in [0.25, 0.3) is 5.91 Å². The topological polar surface area (TPSA) is 69.3 Å². The third-order valence-corrected chi connectivity index (χ3v) is 5.20. The number of unbranched alkanes of at least 4 members (excludes halogenated alkanes) is 1. The maximum atomic E-state index is 12.4. The number of nitrogens with zero attached hydrogens (tertiary/aromatic N) is 2. The van der Waals surface area contributed by atoms with Crippen molar-refractivity contribution in [3.8, 4) is 5.75 Å². The molecule has 28 heavy (non-hydrogen) atoms. The summed E-state index contributed by atoms with van der Waals surface area (Å²) in [5.74, 6) is 2.27. The summed E-state index contributed by atoms with van der Waals surface area (Å²) in [4.78, 5) is 16.6. The molecule has 0 saturated heterocycles. The molecular weight excluding hydrogens is 374 g/mol. The third kappa shape index (κ3) is 5.66. The molecule has 0 bridgehead atoms. The molecule has 1 aromatic carbocycles. The van der Waals surface area contributed by atoms with E-state index in [4.69, 9.17) is 9.15 Å². The molecule has 148 valence electrons. The number of nitrogens with one attached hydrogen (secondary N) is 1. The molecular formula is C21H25N3O3S. The maximum absolute atomic E-state index is 12.4. The number of carbonyl (C=O) groups excluding carboxylic acids is 1. The van der Waals surface area contributed by atoms with E-state index in [-0.39, 0.29) is 5.91 Å². The normalized spacial score (nSPS) is 10.8. The lowest BCUT2D eigenvalue weighted by Gasteiger charge is -2.08. The minimum absolute atomic E-state index is 0.231. The zero-order chi connectivity index (χ0) is 19.8. The van der Waals surface area contributed by atoms with Gasteiger partial charge < -0.3 is 19.0 Å². The molecule has 0 spiro atoms. The molecule has 6 nitrogen and oxygen atoms in total. The number of benzene rings is 1. The highest BCUT2D eigenvalue weighted by Gasteiger charge is 2.12. The highest BCUT2D eigenvalue weighted by Crippen LogP contribution is 2.22.